The molecule has 2 unspecified atom stereocenters. The number of aliphatic hydroxyl groups is 1. The van der Waals surface area contributed by atoms with Crippen molar-refractivity contribution in [3.05, 3.63) is 59.7 Å². The van der Waals surface area contributed by atoms with Gasteiger partial charge in [-0.2, -0.15) is 0 Å². The second-order valence-corrected chi connectivity index (χ2v) is 8.03. The summed E-state index contributed by atoms with van der Waals surface area (Å²) in [6.45, 7) is 4.38. The first-order valence-corrected chi connectivity index (χ1v) is 9.92. The predicted octanol–water partition coefficient (Wildman–Crippen LogP) is 3.72. The molecule has 24 heavy (non-hydrogen) atoms. The van der Waals surface area contributed by atoms with Gasteiger partial charge < -0.3 is 9.84 Å². The van der Waals surface area contributed by atoms with E-state index in [4.69, 9.17) is 4.74 Å². The van der Waals surface area contributed by atoms with Crippen LogP contribution in [-0.4, -0.2) is 26.4 Å². The molecule has 2 rings (SSSR count). The zero-order valence-corrected chi connectivity index (χ0v) is 15.1. The second-order valence-electron chi connectivity index (χ2n) is 6.02. The third kappa shape index (κ3) is 4.58. The molecule has 1 N–H and O–H groups in total. The first-order chi connectivity index (χ1) is 11.3. The van der Waals surface area contributed by atoms with Crippen LogP contribution in [0, 0.1) is 0 Å². The van der Waals surface area contributed by atoms with Crippen LogP contribution in [0.5, 0.6) is 5.75 Å². The Balaban J connectivity index is 2.07. The van der Waals surface area contributed by atoms with E-state index in [0.29, 0.717) is 11.5 Å². The highest BCUT2D eigenvalue weighted by molar-refractivity contribution is 7.90. The second kappa shape index (κ2) is 7.81. The van der Waals surface area contributed by atoms with E-state index in [1.165, 1.54) is 12.1 Å². The lowest BCUT2D eigenvalue weighted by Gasteiger charge is -2.18. The summed E-state index contributed by atoms with van der Waals surface area (Å²) < 4.78 is 28.7. The zero-order valence-electron chi connectivity index (χ0n) is 14.3. The number of aliphatic hydroxyl groups excluding tert-OH is 1. The quantitative estimate of drug-likeness (QED) is 0.828. The standard InChI is InChI=1S/C19H24O4S/c1-4-14(2)17-7-5-6-8-19(17)23-13-18(20)15-9-11-16(12-10-15)24(3,21)22/h5-12,14,18,20H,4,13H2,1-3H3. The summed E-state index contributed by atoms with van der Waals surface area (Å²) in [6.07, 6.45) is 1.35. The van der Waals surface area contributed by atoms with Gasteiger partial charge in [0.1, 0.15) is 18.5 Å². The van der Waals surface area contributed by atoms with Gasteiger partial charge in [0.15, 0.2) is 9.84 Å². The smallest absolute Gasteiger partial charge is 0.175 e. The molecule has 2 atom stereocenters. The van der Waals surface area contributed by atoms with Crippen LogP contribution in [0.15, 0.2) is 53.4 Å². The van der Waals surface area contributed by atoms with Crippen LogP contribution >= 0.6 is 0 Å². The van der Waals surface area contributed by atoms with E-state index in [-0.39, 0.29) is 11.5 Å². The van der Waals surface area contributed by atoms with Crippen molar-refractivity contribution in [3.63, 3.8) is 0 Å². The summed E-state index contributed by atoms with van der Waals surface area (Å²) in [4.78, 5) is 0.237. The highest BCUT2D eigenvalue weighted by Crippen LogP contribution is 2.29. The number of para-hydroxylation sites is 1. The van der Waals surface area contributed by atoms with Crippen LogP contribution in [-0.2, 0) is 9.84 Å². The van der Waals surface area contributed by atoms with Crippen molar-refractivity contribution in [3.8, 4) is 5.75 Å². The minimum atomic E-state index is -3.23. The molecule has 2 aromatic carbocycles. The van der Waals surface area contributed by atoms with Crippen LogP contribution in [0.2, 0.25) is 0 Å². The largest absolute Gasteiger partial charge is 0.490 e. The Morgan fingerprint density at radius 2 is 1.71 bits per heavy atom. The molecule has 0 spiro atoms. The molecule has 4 nitrogen and oxygen atoms in total. The minimum absolute atomic E-state index is 0.117. The van der Waals surface area contributed by atoms with E-state index < -0.39 is 15.9 Å². The lowest BCUT2D eigenvalue weighted by atomic mass is 9.98. The molecule has 5 heteroatoms. The van der Waals surface area contributed by atoms with Gasteiger partial charge in [-0.15, -0.1) is 0 Å². The summed E-state index contributed by atoms with van der Waals surface area (Å²) >= 11 is 0. The van der Waals surface area contributed by atoms with Crippen molar-refractivity contribution in [1.29, 1.82) is 0 Å². The number of benzene rings is 2. The van der Waals surface area contributed by atoms with Crippen LogP contribution in [0.3, 0.4) is 0 Å². The van der Waals surface area contributed by atoms with E-state index in [1.807, 2.05) is 24.3 Å². The van der Waals surface area contributed by atoms with Gasteiger partial charge in [-0.3, -0.25) is 0 Å². The number of ether oxygens (including phenoxy) is 1. The Bertz CT molecular complexity index is 766. The number of rotatable bonds is 7. The molecule has 0 fully saturated rings. The zero-order chi connectivity index (χ0) is 17.7. The Morgan fingerprint density at radius 1 is 1.08 bits per heavy atom. The number of hydrogen-bond acceptors (Lipinski definition) is 4. The number of hydrogen-bond donors (Lipinski definition) is 1. The van der Waals surface area contributed by atoms with Crippen LogP contribution in [0.1, 0.15) is 43.4 Å². The molecule has 0 radical (unpaired) electrons. The molecule has 0 aliphatic carbocycles. The Morgan fingerprint density at radius 3 is 2.29 bits per heavy atom. The van der Waals surface area contributed by atoms with Crippen LogP contribution in [0.4, 0.5) is 0 Å². The fourth-order valence-electron chi connectivity index (χ4n) is 2.44. The van der Waals surface area contributed by atoms with Crippen molar-refractivity contribution in [2.45, 2.75) is 37.2 Å². The van der Waals surface area contributed by atoms with Gasteiger partial charge in [-0.25, -0.2) is 8.42 Å². The molecule has 0 aliphatic heterocycles. The number of sulfone groups is 1. The third-order valence-corrected chi connectivity index (χ3v) is 5.28. The summed E-state index contributed by atoms with van der Waals surface area (Å²) in [7, 11) is -3.23. The molecule has 0 aliphatic rings. The fourth-order valence-corrected chi connectivity index (χ4v) is 3.07. The van der Waals surface area contributed by atoms with Gasteiger partial charge in [0.25, 0.3) is 0 Å². The molecule has 2 aromatic rings. The van der Waals surface area contributed by atoms with Gasteiger partial charge in [0.2, 0.25) is 0 Å². The Kier molecular flexibility index (Phi) is 6.02. The van der Waals surface area contributed by atoms with Crippen molar-refractivity contribution in [1.82, 2.24) is 0 Å². The van der Waals surface area contributed by atoms with Gasteiger partial charge >= 0.3 is 0 Å². The monoisotopic (exact) mass is 348 g/mol. The van der Waals surface area contributed by atoms with Gasteiger partial charge in [0, 0.05) is 6.26 Å². The summed E-state index contributed by atoms with van der Waals surface area (Å²) in [5.41, 5.74) is 1.75. The maximum atomic E-state index is 11.5. The van der Waals surface area contributed by atoms with E-state index in [0.717, 1.165) is 24.0 Å². The predicted molar refractivity (Wildman–Crippen MR) is 95.2 cm³/mol. The third-order valence-electron chi connectivity index (χ3n) is 4.15. The Labute approximate surface area is 144 Å². The molecule has 0 heterocycles. The van der Waals surface area contributed by atoms with Crippen molar-refractivity contribution in [2.24, 2.45) is 0 Å². The molecule has 0 bridgehead atoms. The first-order valence-electron chi connectivity index (χ1n) is 8.02. The van der Waals surface area contributed by atoms with Crippen LogP contribution in [0.25, 0.3) is 0 Å². The van der Waals surface area contributed by atoms with Crippen LogP contribution < -0.4 is 4.74 Å². The van der Waals surface area contributed by atoms with Gasteiger partial charge in [-0.1, -0.05) is 44.2 Å². The average Bonchev–Trinajstić information content (AvgIpc) is 2.58. The molecule has 0 saturated heterocycles. The molecule has 0 saturated carbocycles. The SMILES string of the molecule is CCC(C)c1ccccc1OCC(O)c1ccc(S(C)(=O)=O)cc1. The molecular formula is C19H24O4S. The molecular weight excluding hydrogens is 324 g/mol. The Hall–Kier alpha value is -1.85. The van der Waals surface area contributed by atoms with Crippen molar-refractivity contribution in [2.75, 3.05) is 12.9 Å². The highest BCUT2D eigenvalue weighted by Gasteiger charge is 2.14. The first kappa shape index (κ1) is 18.5. The lowest BCUT2D eigenvalue weighted by Crippen LogP contribution is -2.11. The molecule has 0 aromatic heterocycles. The topological polar surface area (TPSA) is 63.6 Å². The maximum Gasteiger partial charge on any atom is 0.175 e. The normalized spacial score (nSPS) is 14.2. The van der Waals surface area contributed by atoms with Gasteiger partial charge in [-0.05, 0) is 41.7 Å². The van der Waals surface area contributed by atoms with Gasteiger partial charge in [0.05, 0.1) is 4.90 Å². The highest BCUT2D eigenvalue weighted by atomic mass is 32.2. The minimum Gasteiger partial charge on any atom is -0.490 e. The fraction of sp³-hybridized carbons (Fsp3) is 0.368. The summed E-state index contributed by atoms with van der Waals surface area (Å²) in [6, 6.07) is 14.1. The summed E-state index contributed by atoms with van der Waals surface area (Å²) in [5, 5.41) is 10.3. The maximum absolute atomic E-state index is 11.5. The van der Waals surface area contributed by atoms with Crippen molar-refractivity contribution < 1.29 is 18.3 Å². The molecule has 0 amide bonds. The van der Waals surface area contributed by atoms with E-state index in [2.05, 4.69) is 13.8 Å². The van der Waals surface area contributed by atoms with E-state index in [9.17, 15) is 13.5 Å². The molecule has 130 valence electrons. The van der Waals surface area contributed by atoms with E-state index >= 15 is 0 Å². The summed E-state index contributed by atoms with van der Waals surface area (Å²) in [5.74, 6) is 1.16. The average molecular weight is 348 g/mol. The van der Waals surface area contributed by atoms with E-state index in [1.54, 1.807) is 12.1 Å². The van der Waals surface area contributed by atoms with Crippen molar-refractivity contribution >= 4 is 9.84 Å². The lowest BCUT2D eigenvalue weighted by molar-refractivity contribution is 0.107.